The normalized spacial score (nSPS) is 11.9. The molecule has 0 aliphatic rings. The largest absolute Gasteiger partial charge is 0.333 e. The van der Waals surface area contributed by atoms with Crippen LogP contribution in [0.25, 0.3) is 6.08 Å². The monoisotopic (exact) mass is 314 g/mol. The van der Waals surface area contributed by atoms with Crippen molar-refractivity contribution in [1.29, 1.82) is 5.26 Å². The maximum atomic E-state index is 12.9. The molecule has 0 heterocycles. The summed E-state index contributed by atoms with van der Waals surface area (Å²) in [6.07, 6.45) is 2.95. The van der Waals surface area contributed by atoms with E-state index in [-0.39, 0.29) is 0 Å². The number of carbonyl (C=O) groups excluding carboxylic acids is 1. The van der Waals surface area contributed by atoms with Crippen molar-refractivity contribution in [2.75, 3.05) is 0 Å². The molecule has 22 heavy (non-hydrogen) atoms. The molecule has 0 spiro atoms. The third-order valence-corrected chi connectivity index (χ3v) is 3.17. The minimum Gasteiger partial charge on any atom is -0.333 e. The predicted molar refractivity (Wildman–Crippen MR) is 83.4 cm³/mol. The molecule has 5 heteroatoms. The van der Waals surface area contributed by atoms with Gasteiger partial charge in [-0.1, -0.05) is 35.9 Å². The summed E-state index contributed by atoms with van der Waals surface area (Å²) in [6.45, 7) is 0. The standard InChI is InChI=1S/C17H12ClFN2O/c18-14-6-1-12(2-7-14)3-10-17(22)21-16(11-20)13-4-8-15(19)9-5-13/h1-10,16H,(H,21,22)/b10-3+/t16-/m1/s1. The third-order valence-electron chi connectivity index (χ3n) is 2.92. The van der Waals surface area contributed by atoms with Crippen molar-refractivity contribution in [3.05, 3.63) is 76.6 Å². The van der Waals surface area contributed by atoms with Crippen LogP contribution in [0.4, 0.5) is 4.39 Å². The zero-order valence-electron chi connectivity index (χ0n) is 11.5. The summed E-state index contributed by atoms with van der Waals surface area (Å²) in [7, 11) is 0. The SMILES string of the molecule is N#C[C@@H](NC(=O)/C=C/c1ccc(Cl)cc1)c1ccc(F)cc1. The van der Waals surface area contributed by atoms with Gasteiger partial charge in [-0.3, -0.25) is 4.79 Å². The van der Waals surface area contributed by atoms with Crippen LogP contribution >= 0.6 is 11.6 Å². The van der Waals surface area contributed by atoms with Crippen molar-refractivity contribution in [2.24, 2.45) is 0 Å². The molecule has 0 saturated heterocycles. The van der Waals surface area contributed by atoms with Gasteiger partial charge in [0, 0.05) is 11.1 Å². The van der Waals surface area contributed by atoms with Crippen LogP contribution in [0, 0.1) is 17.1 Å². The van der Waals surface area contributed by atoms with E-state index >= 15 is 0 Å². The summed E-state index contributed by atoms with van der Waals surface area (Å²) in [5.74, 6) is -0.805. The summed E-state index contributed by atoms with van der Waals surface area (Å²) in [6, 6.07) is 13.5. The lowest BCUT2D eigenvalue weighted by atomic mass is 10.1. The van der Waals surface area contributed by atoms with Crippen LogP contribution in [0.3, 0.4) is 0 Å². The molecule has 0 unspecified atom stereocenters. The number of halogens is 2. The van der Waals surface area contributed by atoms with Gasteiger partial charge in [0.25, 0.3) is 0 Å². The van der Waals surface area contributed by atoms with E-state index in [1.54, 1.807) is 30.3 Å². The van der Waals surface area contributed by atoms with E-state index < -0.39 is 17.8 Å². The molecule has 1 N–H and O–H groups in total. The Bertz CT molecular complexity index is 718. The van der Waals surface area contributed by atoms with Gasteiger partial charge in [-0.05, 0) is 41.5 Å². The molecule has 3 nitrogen and oxygen atoms in total. The molecule has 0 bridgehead atoms. The minimum atomic E-state index is -0.831. The van der Waals surface area contributed by atoms with Crippen LogP contribution in [0.15, 0.2) is 54.6 Å². The number of carbonyl (C=O) groups is 1. The first-order chi connectivity index (χ1) is 10.6. The Labute approximate surface area is 132 Å². The highest BCUT2D eigenvalue weighted by molar-refractivity contribution is 6.30. The van der Waals surface area contributed by atoms with Crippen LogP contribution in [0.2, 0.25) is 5.02 Å². The maximum Gasteiger partial charge on any atom is 0.245 e. The molecule has 0 aliphatic carbocycles. The van der Waals surface area contributed by atoms with E-state index in [2.05, 4.69) is 5.32 Å². The fourth-order valence-electron chi connectivity index (χ4n) is 1.78. The average molecular weight is 315 g/mol. The quantitative estimate of drug-likeness (QED) is 0.871. The Morgan fingerprint density at radius 1 is 1.18 bits per heavy atom. The first kappa shape index (κ1) is 15.7. The first-order valence-electron chi connectivity index (χ1n) is 6.48. The van der Waals surface area contributed by atoms with Crippen molar-refractivity contribution in [1.82, 2.24) is 5.32 Å². The van der Waals surface area contributed by atoms with Crippen molar-refractivity contribution in [3.63, 3.8) is 0 Å². The number of hydrogen-bond donors (Lipinski definition) is 1. The highest BCUT2D eigenvalue weighted by Crippen LogP contribution is 2.13. The van der Waals surface area contributed by atoms with E-state index in [0.29, 0.717) is 10.6 Å². The Morgan fingerprint density at radius 2 is 1.82 bits per heavy atom. The van der Waals surface area contributed by atoms with Crippen molar-refractivity contribution < 1.29 is 9.18 Å². The fraction of sp³-hybridized carbons (Fsp3) is 0.0588. The molecule has 2 rings (SSSR count). The minimum absolute atomic E-state index is 0.394. The van der Waals surface area contributed by atoms with E-state index in [9.17, 15) is 9.18 Å². The van der Waals surface area contributed by atoms with Gasteiger partial charge in [-0.2, -0.15) is 5.26 Å². The molecular formula is C17H12ClFN2O. The zero-order chi connectivity index (χ0) is 15.9. The van der Waals surface area contributed by atoms with Gasteiger partial charge in [-0.25, -0.2) is 4.39 Å². The second-order valence-electron chi connectivity index (χ2n) is 4.51. The fourth-order valence-corrected chi connectivity index (χ4v) is 1.91. The topological polar surface area (TPSA) is 52.9 Å². The zero-order valence-corrected chi connectivity index (χ0v) is 12.2. The number of hydrogen-bond acceptors (Lipinski definition) is 2. The number of nitriles is 1. The van der Waals surface area contributed by atoms with E-state index in [1.165, 1.54) is 30.3 Å². The number of nitrogens with one attached hydrogen (secondary N) is 1. The van der Waals surface area contributed by atoms with Crippen LogP contribution in [-0.4, -0.2) is 5.91 Å². The highest BCUT2D eigenvalue weighted by Gasteiger charge is 2.12. The summed E-state index contributed by atoms with van der Waals surface area (Å²) in [5.41, 5.74) is 1.34. The third kappa shape index (κ3) is 4.44. The molecule has 2 aromatic carbocycles. The van der Waals surface area contributed by atoms with Gasteiger partial charge < -0.3 is 5.32 Å². The summed E-state index contributed by atoms with van der Waals surface area (Å²) in [4.78, 5) is 11.8. The van der Waals surface area contributed by atoms with Crippen molar-refractivity contribution in [3.8, 4) is 6.07 Å². The molecule has 0 radical (unpaired) electrons. The molecule has 2 aromatic rings. The Balaban J connectivity index is 2.02. The Morgan fingerprint density at radius 3 is 2.41 bits per heavy atom. The highest BCUT2D eigenvalue weighted by atomic mass is 35.5. The number of nitrogens with zero attached hydrogens (tertiary/aromatic N) is 1. The molecular weight excluding hydrogens is 303 g/mol. The number of benzene rings is 2. The average Bonchev–Trinajstić information content (AvgIpc) is 2.53. The van der Waals surface area contributed by atoms with Gasteiger partial charge in [0.15, 0.2) is 0 Å². The number of amides is 1. The van der Waals surface area contributed by atoms with Crippen LogP contribution < -0.4 is 5.32 Å². The molecule has 0 aromatic heterocycles. The lowest BCUT2D eigenvalue weighted by Crippen LogP contribution is -2.25. The molecule has 0 fully saturated rings. The molecule has 0 aliphatic heterocycles. The van der Waals surface area contributed by atoms with Crippen molar-refractivity contribution in [2.45, 2.75) is 6.04 Å². The van der Waals surface area contributed by atoms with Gasteiger partial charge in [-0.15, -0.1) is 0 Å². The smallest absolute Gasteiger partial charge is 0.245 e. The second-order valence-corrected chi connectivity index (χ2v) is 4.94. The van der Waals surface area contributed by atoms with Gasteiger partial charge in [0.05, 0.1) is 6.07 Å². The van der Waals surface area contributed by atoms with Gasteiger partial charge in [0.1, 0.15) is 11.9 Å². The molecule has 0 saturated carbocycles. The first-order valence-corrected chi connectivity index (χ1v) is 6.85. The second kappa shape index (κ2) is 7.39. The van der Waals surface area contributed by atoms with E-state index in [4.69, 9.17) is 16.9 Å². The van der Waals surface area contributed by atoms with Crippen LogP contribution in [0.5, 0.6) is 0 Å². The van der Waals surface area contributed by atoms with Crippen LogP contribution in [0.1, 0.15) is 17.2 Å². The maximum absolute atomic E-state index is 12.9. The lowest BCUT2D eigenvalue weighted by Gasteiger charge is -2.10. The van der Waals surface area contributed by atoms with Gasteiger partial charge >= 0.3 is 0 Å². The lowest BCUT2D eigenvalue weighted by molar-refractivity contribution is -0.116. The van der Waals surface area contributed by atoms with E-state index in [1.807, 2.05) is 6.07 Å². The van der Waals surface area contributed by atoms with Crippen LogP contribution in [-0.2, 0) is 4.79 Å². The van der Waals surface area contributed by atoms with E-state index in [0.717, 1.165) is 5.56 Å². The molecule has 1 atom stereocenters. The van der Waals surface area contributed by atoms with Gasteiger partial charge in [0.2, 0.25) is 5.91 Å². The Hall–Kier alpha value is -2.64. The number of rotatable bonds is 4. The summed E-state index contributed by atoms with van der Waals surface area (Å²) >= 11 is 5.77. The molecule has 1 amide bonds. The Kier molecular flexibility index (Phi) is 5.29. The molecule has 110 valence electrons. The summed E-state index contributed by atoms with van der Waals surface area (Å²) < 4.78 is 12.9. The van der Waals surface area contributed by atoms with Crippen molar-refractivity contribution >= 4 is 23.6 Å². The predicted octanol–water partition coefficient (Wildman–Crippen LogP) is 3.87. The summed E-state index contributed by atoms with van der Waals surface area (Å²) in [5, 5.41) is 12.3.